The summed E-state index contributed by atoms with van der Waals surface area (Å²) in [7, 11) is 0. The zero-order valence-electron chi connectivity index (χ0n) is 16.5. The van der Waals surface area contributed by atoms with Gasteiger partial charge in [-0.1, -0.05) is 12.1 Å². The van der Waals surface area contributed by atoms with Crippen LogP contribution in [0.25, 0.3) is 0 Å². The molecule has 1 atom stereocenters. The molecule has 0 aliphatic carbocycles. The van der Waals surface area contributed by atoms with E-state index in [0.717, 1.165) is 61.7 Å². The average Bonchev–Trinajstić information content (AvgIpc) is 2.96. The third-order valence-corrected chi connectivity index (χ3v) is 5.45. The molecule has 150 valence electrons. The Balaban J connectivity index is 0.00000261. The molecular weight excluding hydrogens is 455 g/mol. The van der Waals surface area contributed by atoms with E-state index in [4.69, 9.17) is 4.99 Å². The van der Waals surface area contributed by atoms with Crippen LogP contribution in [0.1, 0.15) is 42.9 Å². The first-order chi connectivity index (χ1) is 12.4. The number of carbonyl (C=O) groups excluding carboxylic acids is 1. The number of rotatable bonds is 3. The first-order valence-electron chi connectivity index (χ1n) is 9.51. The minimum absolute atomic E-state index is 0. The SMILES string of the molecule is CCNC(=NCc1cc(C)c(O)c(C)c1)N1CCCC2(CNC(=O)C2)C1.I. The Morgan fingerprint density at radius 1 is 1.37 bits per heavy atom. The molecule has 3 rings (SSSR count). The van der Waals surface area contributed by atoms with E-state index in [-0.39, 0.29) is 35.3 Å². The number of nitrogens with zero attached hydrogens (tertiary/aromatic N) is 2. The quantitative estimate of drug-likeness (QED) is 0.349. The Hall–Kier alpha value is -1.51. The number of likely N-dealkylation sites (tertiary alicyclic amines) is 1. The van der Waals surface area contributed by atoms with Gasteiger partial charge in [0.25, 0.3) is 0 Å². The van der Waals surface area contributed by atoms with E-state index in [2.05, 4.69) is 22.5 Å². The van der Waals surface area contributed by atoms with Crippen molar-refractivity contribution < 1.29 is 9.90 Å². The van der Waals surface area contributed by atoms with E-state index in [1.807, 2.05) is 26.0 Å². The van der Waals surface area contributed by atoms with Crippen LogP contribution in [0.2, 0.25) is 0 Å². The van der Waals surface area contributed by atoms with Gasteiger partial charge in [-0.15, -0.1) is 24.0 Å². The average molecular weight is 486 g/mol. The van der Waals surface area contributed by atoms with Crippen LogP contribution < -0.4 is 10.6 Å². The van der Waals surface area contributed by atoms with Crippen molar-refractivity contribution in [2.24, 2.45) is 10.4 Å². The van der Waals surface area contributed by atoms with E-state index < -0.39 is 0 Å². The number of hydrogen-bond acceptors (Lipinski definition) is 3. The van der Waals surface area contributed by atoms with Crippen molar-refractivity contribution >= 4 is 35.8 Å². The summed E-state index contributed by atoms with van der Waals surface area (Å²) in [5, 5.41) is 16.3. The summed E-state index contributed by atoms with van der Waals surface area (Å²) >= 11 is 0. The smallest absolute Gasteiger partial charge is 0.220 e. The lowest BCUT2D eigenvalue weighted by Crippen LogP contribution is -2.51. The zero-order chi connectivity index (χ0) is 18.7. The topological polar surface area (TPSA) is 77.0 Å². The number of aromatic hydroxyl groups is 1. The molecule has 6 nitrogen and oxygen atoms in total. The fourth-order valence-electron chi connectivity index (χ4n) is 4.16. The molecule has 0 radical (unpaired) electrons. The highest BCUT2D eigenvalue weighted by molar-refractivity contribution is 14.0. The Kier molecular flexibility index (Phi) is 7.36. The number of benzene rings is 1. The van der Waals surface area contributed by atoms with E-state index in [1.54, 1.807) is 0 Å². The molecule has 27 heavy (non-hydrogen) atoms. The standard InChI is InChI=1S/C20H30N4O2.HI/c1-4-21-19(22-11-16-8-14(2)18(26)15(3)9-16)24-7-5-6-20(13-24)10-17(25)23-12-20;/h8-9,26H,4-7,10-13H2,1-3H3,(H,21,22)(H,23,25);1H. The van der Waals surface area contributed by atoms with Crippen molar-refractivity contribution in [2.75, 3.05) is 26.2 Å². The molecule has 1 amide bonds. The highest BCUT2D eigenvalue weighted by Gasteiger charge is 2.42. The lowest BCUT2D eigenvalue weighted by atomic mass is 9.79. The molecule has 0 aromatic heterocycles. The molecule has 0 bridgehead atoms. The Morgan fingerprint density at radius 3 is 2.67 bits per heavy atom. The van der Waals surface area contributed by atoms with Gasteiger partial charge in [-0.3, -0.25) is 4.79 Å². The van der Waals surface area contributed by atoms with Gasteiger partial charge in [0.05, 0.1) is 6.54 Å². The van der Waals surface area contributed by atoms with Crippen molar-refractivity contribution in [3.63, 3.8) is 0 Å². The first-order valence-corrected chi connectivity index (χ1v) is 9.51. The number of phenolic OH excluding ortho intramolecular Hbond substituents is 1. The molecule has 2 fully saturated rings. The number of halogens is 1. The molecule has 2 saturated heterocycles. The minimum atomic E-state index is 0. The lowest BCUT2D eigenvalue weighted by molar-refractivity contribution is -0.119. The molecule has 2 aliphatic heterocycles. The van der Waals surface area contributed by atoms with Gasteiger partial charge in [0, 0.05) is 38.0 Å². The summed E-state index contributed by atoms with van der Waals surface area (Å²) in [6.07, 6.45) is 2.80. The van der Waals surface area contributed by atoms with Gasteiger partial charge >= 0.3 is 0 Å². The predicted octanol–water partition coefficient (Wildman–Crippen LogP) is 2.69. The van der Waals surface area contributed by atoms with Crippen molar-refractivity contribution in [1.29, 1.82) is 0 Å². The van der Waals surface area contributed by atoms with Crippen molar-refractivity contribution in [1.82, 2.24) is 15.5 Å². The zero-order valence-corrected chi connectivity index (χ0v) is 18.8. The summed E-state index contributed by atoms with van der Waals surface area (Å²) in [6, 6.07) is 3.99. The number of phenols is 1. The van der Waals surface area contributed by atoms with Crippen LogP contribution in [-0.4, -0.2) is 48.1 Å². The van der Waals surface area contributed by atoms with Gasteiger partial charge in [-0.05, 0) is 50.3 Å². The molecule has 2 heterocycles. The van der Waals surface area contributed by atoms with Crippen molar-refractivity contribution in [3.8, 4) is 5.75 Å². The van der Waals surface area contributed by atoms with Crippen LogP contribution in [0.4, 0.5) is 0 Å². The number of hydrogen-bond donors (Lipinski definition) is 3. The highest BCUT2D eigenvalue weighted by Crippen LogP contribution is 2.36. The number of piperidine rings is 1. The maximum Gasteiger partial charge on any atom is 0.220 e. The second kappa shape index (κ2) is 9.12. The molecule has 1 aromatic rings. The second-order valence-electron chi connectivity index (χ2n) is 7.73. The molecular formula is C20H31IN4O2. The number of nitrogens with one attached hydrogen (secondary N) is 2. The molecule has 1 unspecified atom stereocenters. The second-order valence-corrected chi connectivity index (χ2v) is 7.73. The fourth-order valence-corrected chi connectivity index (χ4v) is 4.16. The van der Waals surface area contributed by atoms with Gasteiger partial charge in [0.1, 0.15) is 5.75 Å². The number of aliphatic imine (C=N–C) groups is 1. The largest absolute Gasteiger partial charge is 0.507 e. The number of amides is 1. The normalized spacial score (nSPS) is 22.6. The van der Waals surface area contributed by atoms with Crippen LogP contribution in [-0.2, 0) is 11.3 Å². The van der Waals surface area contributed by atoms with Gasteiger partial charge < -0.3 is 20.6 Å². The van der Waals surface area contributed by atoms with E-state index >= 15 is 0 Å². The summed E-state index contributed by atoms with van der Waals surface area (Å²) < 4.78 is 0. The monoisotopic (exact) mass is 486 g/mol. The van der Waals surface area contributed by atoms with Crippen LogP contribution in [0, 0.1) is 19.3 Å². The van der Waals surface area contributed by atoms with Crippen LogP contribution >= 0.6 is 24.0 Å². The maximum atomic E-state index is 11.7. The van der Waals surface area contributed by atoms with Crippen molar-refractivity contribution in [2.45, 2.75) is 46.6 Å². The fraction of sp³-hybridized carbons (Fsp3) is 0.600. The third kappa shape index (κ3) is 5.06. The predicted molar refractivity (Wildman–Crippen MR) is 119 cm³/mol. The van der Waals surface area contributed by atoms with E-state index in [1.165, 1.54) is 0 Å². The first kappa shape index (κ1) is 21.8. The summed E-state index contributed by atoms with van der Waals surface area (Å²) in [6.45, 7) is 9.90. The van der Waals surface area contributed by atoms with Gasteiger partial charge in [-0.25, -0.2) is 4.99 Å². The summed E-state index contributed by atoms with van der Waals surface area (Å²) in [5.41, 5.74) is 2.91. The Morgan fingerprint density at radius 2 is 2.07 bits per heavy atom. The molecule has 0 saturated carbocycles. The molecule has 1 aromatic carbocycles. The molecule has 3 N–H and O–H groups in total. The van der Waals surface area contributed by atoms with Crippen LogP contribution in [0.5, 0.6) is 5.75 Å². The van der Waals surface area contributed by atoms with Crippen molar-refractivity contribution in [3.05, 3.63) is 28.8 Å². The van der Waals surface area contributed by atoms with Gasteiger partial charge in [-0.2, -0.15) is 0 Å². The highest BCUT2D eigenvalue weighted by atomic mass is 127. The summed E-state index contributed by atoms with van der Waals surface area (Å²) in [5.74, 6) is 1.44. The molecule has 2 aliphatic rings. The third-order valence-electron chi connectivity index (χ3n) is 5.45. The Labute approximate surface area is 178 Å². The lowest BCUT2D eigenvalue weighted by Gasteiger charge is -2.40. The van der Waals surface area contributed by atoms with E-state index in [0.29, 0.717) is 18.7 Å². The van der Waals surface area contributed by atoms with Gasteiger partial charge in [0.15, 0.2) is 5.96 Å². The van der Waals surface area contributed by atoms with Crippen LogP contribution in [0.3, 0.4) is 0 Å². The number of aryl methyl sites for hydroxylation is 2. The van der Waals surface area contributed by atoms with Gasteiger partial charge in [0.2, 0.25) is 5.91 Å². The molecule has 1 spiro atoms. The maximum absolute atomic E-state index is 11.7. The van der Waals surface area contributed by atoms with E-state index in [9.17, 15) is 9.90 Å². The summed E-state index contributed by atoms with van der Waals surface area (Å²) in [4.78, 5) is 18.9. The Bertz CT molecular complexity index is 699. The number of carbonyl (C=O) groups is 1. The molecule has 7 heteroatoms. The van der Waals surface area contributed by atoms with Crippen LogP contribution in [0.15, 0.2) is 17.1 Å². The number of guanidine groups is 1. The minimum Gasteiger partial charge on any atom is -0.507 e.